The average Bonchev–Trinajstić information content (AvgIpc) is 1.40. The number of carbonyl (C=O) groups is 5. The lowest BCUT2D eigenvalue weighted by atomic mass is 9.97. The zero-order valence-corrected chi connectivity index (χ0v) is 71.3. The first-order chi connectivity index (χ1) is 53.0. The van der Waals surface area contributed by atoms with Gasteiger partial charge < -0.3 is 40.2 Å². The second-order valence-electron chi connectivity index (χ2n) is 26.7. The number of amides is 4. The highest BCUT2D eigenvalue weighted by molar-refractivity contribution is 14.1. The Morgan fingerprint density at radius 1 is 0.411 bits per heavy atom. The number of nitrogens with zero attached hydrogens (tertiary/aromatic N) is 3. The molecule has 592 valence electrons. The number of hydrogen-bond donors (Lipinski definition) is 5. The lowest BCUT2D eigenvalue weighted by Gasteiger charge is -2.15. The van der Waals surface area contributed by atoms with Gasteiger partial charge in [-0.05, 0) is 245 Å². The van der Waals surface area contributed by atoms with Gasteiger partial charge in [0.05, 0.1) is 37.0 Å². The molecule has 1 heterocycles. The van der Waals surface area contributed by atoms with E-state index in [-0.39, 0.29) is 58.5 Å². The van der Waals surface area contributed by atoms with Gasteiger partial charge in [-0.3, -0.25) is 24.0 Å². The fraction of sp³-hybridized carbons (Fsp3) is 0.271. The zero-order valence-electron chi connectivity index (χ0n) is 65.2. The molecule has 0 bridgehead atoms. The predicted octanol–water partition coefficient (Wildman–Crippen LogP) is 16.8. The van der Waals surface area contributed by atoms with Crippen LogP contribution in [0, 0.1) is 38.2 Å². The van der Waals surface area contributed by atoms with Gasteiger partial charge in [0.1, 0.15) is 5.69 Å². The Kier molecular flexibility index (Phi) is 36.6. The number of benzene rings is 9. The summed E-state index contributed by atoms with van der Waals surface area (Å²) in [7, 11) is 7.41. The highest BCUT2D eigenvalue weighted by Crippen LogP contribution is 2.31. The number of aromatic nitrogens is 2. The minimum absolute atomic E-state index is 0.0156. The first-order valence-electron chi connectivity index (χ1n) is 35.3. The topological polar surface area (TPSA) is 289 Å². The number of sulfonamides is 1. The molecule has 0 aliphatic carbocycles. The number of rotatable bonds is 26. The van der Waals surface area contributed by atoms with Gasteiger partial charge in [0, 0.05) is 116 Å². The SMILES string of the molecule is COCC(C)NC(=O)c1cc(-c2ccc(C)cc2)cc(-c2csnn2)c1.COCC(C)NC(=O)c1cc(/C(C)=N/NS(=O)(=O)c2ccc(C)cc2)cc(-c2ccc(C)cc2)c1.COCC(C)NC(=O)c1cc(C(C)=O)cc(-c2ccc(C)cc2)c1.COCC(C)NC(=O)c1cc(I)cc(-c2ccc(C)cc2)c1.O=S(=O)(Cl)Cl. The first-order valence-corrected chi connectivity index (χ1v) is 41.9. The summed E-state index contributed by atoms with van der Waals surface area (Å²) >= 11 is 3.53. The van der Waals surface area contributed by atoms with Crippen LogP contribution in [0.15, 0.2) is 210 Å². The first kappa shape index (κ1) is 91.5. The number of hydrazone groups is 1. The standard InChI is InChI=1S/C27H31N3O4S.C20H21N3O2S.C20H23NO3.C18H20INO2.Cl2O2S/c1-18-6-10-22(11-7-18)24-14-23(15-25(16-24)27(31)28-20(3)17-34-5)21(4)29-30-35(32,33)26-12-8-19(2)9-13-26;1-13-4-6-15(7-5-13)16-8-17(19-12-26-23-22-19)10-18(9-16)20(24)21-14(2)11-25-3;1-13-5-7-16(8-6-13)18-9-17(15(3)22)10-19(11-18)20(23)21-14(2)12-24-4;1-12-4-6-14(7-5-12)15-8-16(10-17(19)9-15)18(21)20-13(2)11-22-3;1-5(2,3)4/h6-16,20,30H,17H2,1-5H3,(H,28,31);4-10,12,14H,11H2,1-3H3,(H,21,24);5-11,14H,12H2,1-4H3,(H,21,23);4-10,13H,11H2,1-3H3,(H,20,21);/b29-21+;;;;. The van der Waals surface area contributed by atoms with Gasteiger partial charge in [-0.1, -0.05) is 142 Å². The van der Waals surface area contributed by atoms with E-state index in [2.05, 4.69) is 153 Å². The molecule has 0 saturated heterocycles. The van der Waals surface area contributed by atoms with Gasteiger partial charge in [0.15, 0.2) is 5.78 Å². The van der Waals surface area contributed by atoms with Gasteiger partial charge in [-0.2, -0.15) is 26.8 Å². The van der Waals surface area contributed by atoms with Crippen LogP contribution in [-0.2, 0) is 37.2 Å². The Morgan fingerprint density at radius 3 is 1.03 bits per heavy atom. The maximum atomic E-state index is 13.0. The smallest absolute Gasteiger partial charge is 0.317 e. The van der Waals surface area contributed by atoms with Crippen LogP contribution in [0.2, 0.25) is 0 Å². The molecular weight excluding hydrogens is 1630 g/mol. The number of carbonyl (C=O) groups excluding carboxylic acids is 5. The molecule has 0 aliphatic heterocycles. The van der Waals surface area contributed by atoms with Gasteiger partial charge >= 0.3 is 8.26 Å². The van der Waals surface area contributed by atoms with Crippen LogP contribution in [0.5, 0.6) is 0 Å². The molecule has 9 aromatic carbocycles. The summed E-state index contributed by atoms with van der Waals surface area (Å²) in [4.78, 5) is 64.7. The van der Waals surface area contributed by atoms with Crippen molar-refractivity contribution in [3.63, 3.8) is 0 Å². The molecule has 0 saturated carbocycles. The van der Waals surface area contributed by atoms with Crippen molar-refractivity contribution in [3.8, 4) is 55.8 Å². The van der Waals surface area contributed by atoms with Crippen molar-refractivity contribution >= 4 is 109 Å². The number of hydrogen-bond acceptors (Lipinski definition) is 17. The fourth-order valence-corrected chi connectivity index (χ4v) is 12.8. The minimum Gasteiger partial charge on any atom is -0.383 e. The van der Waals surface area contributed by atoms with Gasteiger partial charge in [0.25, 0.3) is 33.7 Å². The number of ether oxygens (including phenoxy) is 4. The van der Waals surface area contributed by atoms with Crippen molar-refractivity contribution in [1.29, 1.82) is 0 Å². The van der Waals surface area contributed by atoms with E-state index >= 15 is 0 Å². The van der Waals surface area contributed by atoms with Gasteiger partial charge in [-0.25, -0.2) is 0 Å². The molecular formula is C85H95Cl2IN8O13S3. The summed E-state index contributed by atoms with van der Waals surface area (Å²) in [5, 5.41) is 21.9. The number of ketones is 1. The summed E-state index contributed by atoms with van der Waals surface area (Å²) in [6.45, 7) is 22.6. The van der Waals surface area contributed by atoms with E-state index in [1.54, 1.807) is 59.6 Å². The molecule has 10 aromatic rings. The summed E-state index contributed by atoms with van der Waals surface area (Å²) < 4.78 is 68.9. The third-order valence-electron chi connectivity index (χ3n) is 16.6. The highest BCUT2D eigenvalue weighted by Gasteiger charge is 2.20. The van der Waals surface area contributed by atoms with Crippen LogP contribution in [0.1, 0.15) is 127 Å². The maximum Gasteiger partial charge on any atom is 0.317 e. The van der Waals surface area contributed by atoms with Crippen molar-refractivity contribution in [2.24, 2.45) is 5.10 Å². The molecule has 21 nitrogen and oxygen atoms in total. The number of halogens is 3. The maximum absolute atomic E-state index is 13.0. The zero-order chi connectivity index (χ0) is 82.4. The van der Waals surface area contributed by atoms with E-state index in [0.717, 1.165) is 76.0 Å². The lowest BCUT2D eigenvalue weighted by Crippen LogP contribution is -2.35. The molecule has 5 N–H and O–H groups in total. The van der Waals surface area contributed by atoms with Gasteiger partial charge in [-0.15, -0.1) is 5.10 Å². The molecule has 0 fully saturated rings. The Hall–Kier alpha value is -9.39. The fourth-order valence-electron chi connectivity index (χ4n) is 10.9. The van der Waals surface area contributed by atoms with E-state index in [4.69, 9.17) is 27.4 Å². The van der Waals surface area contributed by atoms with Gasteiger partial charge in [0.2, 0.25) is 0 Å². The van der Waals surface area contributed by atoms with E-state index in [9.17, 15) is 32.4 Å². The third-order valence-corrected chi connectivity index (χ3v) is 19.0. The summed E-state index contributed by atoms with van der Waals surface area (Å²) in [6, 6.07) is 61.1. The highest BCUT2D eigenvalue weighted by atomic mass is 127. The molecule has 27 heteroatoms. The molecule has 4 amide bonds. The number of aryl methyl sites for hydroxylation is 5. The van der Waals surface area contributed by atoms with E-state index in [1.807, 2.05) is 157 Å². The summed E-state index contributed by atoms with van der Waals surface area (Å²) in [6.07, 6.45) is 0. The summed E-state index contributed by atoms with van der Waals surface area (Å²) in [5.74, 6) is -0.735. The van der Waals surface area contributed by atoms with E-state index in [1.165, 1.54) is 41.7 Å². The van der Waals surface area contributed by atoms with Crippen LogP contribution in [0.4, 0.5) is 0 Å². The molecule has 4 atom stereocenters. The molecule has 1 aromatic heterocycles. The summed E-state index contributed by atoms with van der Waals surface area (Å²) in [5.41, 5.74) is 18.8. The second-order valence-corrected chi connectivity index (χ2v) is 33.9. The van der Waals surface area contributed by atoms with Crippen LogP contribution in [0.3, 0.4) is 0 Å². The Morgan fingerprint density at radius 2 is 0.696 bits per heavy atom. The predicted molar refractivity (Wildman–Crippen MR) is 458 cm³/mol. The molecule has 4 unspecified atom stereocenters. The molecule has 10 rings (SSSR count). The Bertz CT molecular complexity index is 5050. The molecule has 0 aliphatic rings. The van der Waals surface area contributed by atoms with E-state index in [0.29, 0.717) is 65.5 Å². The van der Waals surface area contributed by atoms with Crippen LogP contribution < -0.4 is 26.1 Å². The normalized spacial score (nSPS) is 12.2. The quantitative estimate of drug-likeness (QED) is 0.0111. The second kappa shape index (κ2) is 44.7. The monoisotopic (exact) mass is 1730 g/mol. The number of methoxy groups -OCH3 is 4. The molecule has 0 spiro atoms. The minimum atomic E-state index is -3.83. The van der Waals surface area contributed by atoms with Crippen LogP contribution in [0.25, 0.3) is 55.8 Å². The number of Topliss-reactive ketones (excluding diaryl/α,β-unsaturated/α-hetero) is 1. The lowest BCUT2D eigenvalue weighted by molar-refractivity contribution is 0.0897. The largest absolute Gasteiger partial charge is 0.383 e. The van der Waals surface area contributed by atoms with Crippen molar-refractivity contribution in [2.45, 2.75) is 105 Å². The average molecular weight is 1730 g/mol. The Balaban J connectivity index is 0.000000231. The Labute approximate surface area is 684 Å². The third kappa shape index (κ3) is 30.9. The molecule has 0 radical (unpaired) electrons. The molecule has 112 heavy (non-hydrogen) atoms. The van der Waals surface area contributed by atoms with Crippen molar-refractivity contribution in [3.05, 3.63) is 264 Å². The van der Waals surface area contributed by atoms with Crippen molar-refractivity contribution in [1.82, 2.24) is 35.7 Å². The van der Waals surface area contributed by atoms with Crippen molar-refractivity contribution in [2.75, 3.05) is 54.9 Å². The van der Waals surface area contributed by atoms with Crippen LogP contribution in [-0.4, -0.2) is 141 Å². The number of nitrogens with one attached hydrogen (secondary N) is 5. The van der Waals surface area contributed by atoms with Crippen LogP contribution >= 0.6 is 55.5 Å². The van der Waals surface area contributed by atoms with Crippen molar-refractivity contribution < 1.29 is 59.8 Å². The van der Waals surface area contributed by atoms with E-state index < -0.39 is 18.3 Å².